The number of halogens is 2. The van der Waals surface area contributed by atoms with Gasteiger partial charge in [0, 0.05) is 44.0 Å². The molecule has 0 aliphatic carbocycles. The van der Waals surface area contributed by atoms with Gasteiger partial charge in [-0.15, -0.1) is 0 Å². The molecule has 1 heterocycles. The molecule has 3 rings (SSSR count). The van der Waals surface area contributed by atoms with Gasteiger partial charge < -0.3 is 10.1 Å². The molecule has 33 heavy (non-hydrogen) atoms. The van der Waals surface area contributed by atoms with E-state index in [0.29, 0.717) is 5.69 Å². The molecule has 1 N–H and O–H groups in total. The Morgan fingerprint density at radius 1 is 1.12 bits per heavy atom. The summed E-state index contributed by atoms with van der Waals surface area (Å²) in [7, 11) is -3.91. The molecule has 1 aliphatic rings. The van der Waals surface area contributed by atoms with E-state index in [0.717, 1.165) is 6.07 Å². The number of alkyl halides is 2. The minimum Gasteiger partial charge on any atom is -0.435 e. The second kappa shape index (κ2) is 10.2. The normalized spacial score (nSPS) is 16.4. The summed E-state index contributed by atoms with van der Waals surface area (Å²) >= 11 is 0. The highest BCUT2D eigenvalue weighted by molar-refractivity contribution is 7.89. The lowest BCUT2D eigenvalue weighted by Crippen LogP contribution is -2.53. The van der Waals surface area contributed by atoms with E-state index in [1.807, 2.05) is 4.90 Å². The number of amides is 1. The first-order valence-corrected chi connectivity index (χ1v) is 11.4. The van der Waals surface area contributed by atoms with Gasteiger partial charge in [-0.2, -0.15) is 13.1 Å². The number of carbonyl (C=O) groups excluding carboxylic acids is 1. The minimum absolute atomic E-state index is 0.0304. The SMILES string of the molecule is CC(C(=O)Nc1ccc(OC(F)F)cc1)N1CCN(S(=O)(=O)c2cccc([N+](=O)[O-])c2)CC1. The number of rotatable bonds is 8. The summed E-state index contributed by atoms with van der Waals surface area (Å²) in [6.07, 6.45) is 0. The maximum Gasteiger partial charge on any atom is 0.387 e. The van der Waals surface area contributed by atoms with E-state index in [-0.39, 0.29) is 48.4 Å². The number of nitro benzene ring substituents is 1. The molecule has 0 saturated carbocycles. The summed E-state index contributed by atoms with van der Waals surface area (Å²) < 4.78 is 55.7. The molecule has 0 radical (unpaired) electrons. The van der Waals surface area contributed by atoms with Gasteiger partial charge in [-0.25, -0.2) is 8.42 Å². The topological polar surface area (TPSA) is 122 Å². The van der Waals surface area contributed by atoms with Crippen LogP contribution in [0, 0.1) is 10.1 Å². The first kappa shape index (κ1) is 24.5. The van der Waals surface area contributed by atoms with Crippen LogP contribution >= 0.6 is 0 Å². The lowest BCUT2D eigenvalue weighted by Gasteiger charge is -2.36. The maximum atomic E-state index is 12.9. The Balaban J connectivity index is 1.58. The highest BCUT2D eigenvalue weighted by Crippen LogP contribution is 2.23. The molecular formula is C20H22F2N4O6S. The summed E-state index contributed by atoms with van der Waals surface area (Å²) in [5.74, 6) is -0.371. The molecule has 1 atom stereocenters. The lowest BCUT2D eigenvalue weighted by atomic mass is 10.2. The van der Waals surface area contributed by atoms with Crippen LogP contribution in [0.4, 0.5) is 20.2 Å². The third kappa shape index (κ3) is 6.00. The zero-order chi connectivity index (χ0) is 24.2. The first-order chi connectivity index (χ1) is 15.6. The van der Waals surface area contributed by atoms with Gasteiger partial charge in [-0.1, -0.05) is 6.07 Å². The molecule has 178 valence electrons. The molecule has 0 bridgehead atoms. The predicted molar refractivity (Wildman–Crippen MR) is 115 cm³/mol. The van der Waals surface area contributed by atoms with Gasteiger partial charge in [0.25, 0.3) is 5.69 Å². The van der Waals surface area contributed by atoms with Crippen molar-refractivity contribution < 1.29 is 31.7 Å². The quantitative estimate of drug-likeness (QED) is 0.451. The van der Waals surface area contributed by atoms with E-state index in [1.165, 1.54) is 46.8 Å². The van der Waals surface area contributed by atoms with E-state index < -0.39 is 27.6 Å². The van der Waals surface area contributed by atoms with Gasteiger partial charge in [0.1, 0.15) is 5.75 Å². The van der Waals surface area contributed by atoms with Crippen LogP contribution in [0.3, 0.4) is 0 Å². The van der Waals surface area contributed by atoms with Crippen molar-refractivity contribution in [2.75, 3.05) is 31.5 Å². The van der Waals surface area contributed by atoms with Crippen LogP contribution in [-0.2, 0) is 14.8 Å². The molecule has 1 amide bonds. The molecule has 1 saturated heterocycles. The second-order valence-electron chi connectivity index (χ2n) is 7.26. The number of carbonyl (C=O) groups is 1. The van der Waals surface area contributed by atoms with E-state index in [1.54, 1.807) is 6.92 Å². The van der Waals surface area contributed by atoms with E-state index in [4.69, 9.17) is 0 Å². The summed E-state index contributed by atoms with van der Waals surface area (Å²) in [5.41, 5.74) is 0.0918. The van der Waals surface area contributed by atoms with Crippen LogP contribution in [-0.4, -0.2) is 67.3 Å². The first-order valence-electron chi connectivity index (χ1n) is 9.92. The van der Waals surface area contributed by atoms with Gasteiger partial charge in [-0.3, -0.25) is 19.8 Å². The Morgan fingerprint density at radius 3 is 2.33 bits per heavy atom. The zero-order valence-electron chi connectivity index (χ0n) is 17.6. The number of ether oxygens (including phenoxy) is 1. The van der Waals surface area contributed by atoms with Gasteiger partial charge >= 0.3 is 6.61 Å². The molecule has 10 nitrogen and oxygen atoms in total. The standard InChI is InChI=1S/C20H22F2N4O6S/c1-14(19(27)23-15-5-7-17(8-6-15)32-20(21)22)24-9-11-25(12-10-24)33(30,31)18-4-2-3-16(13-18)26(28)29/h2-8,13-14,20H,9-12H2,1H3,(H,23,27). The third-order valence-corrected chi connectivity index (χ3v) is 7.11. The van der Waals surface area contributed by atoms with Crippen LogP contribution in [0.5, 0.6) is 5.75 Å². The number of sulfonamides is 1. The van der Waals surface area contributed by atoms with Gasteiger partial charge in [-0.05, 0) is 37.3 Å². The Hall–Kier alpha value is -3.16. The maximum absolute atomic E-state index is 12.9. The fraction of sp³-hybridized carbons (Fsp3) is 0.350. The van der Waals surface area contributed by atoms with Crippen molar-refractivity contribution in [2.24, 2.45) is 0 Å². The minimum atomic E-state index is -3.91. The van der Waals surface area contributed by atoms with Gasteiger partial charge in [0.15, 0.2) is 0 Å². The number of nitrogens with zero attached hydrogens (tertiary/aromatic N) is 3. The highest BCUT2D eigenvalue weighted by atomic mass is 32.2. The van der Waals surface area contributed by atoms with Crippen LogP contribution < -0.4 is 10.1 Å². The van der Waals surface area contributed by atoms with Gasteiger partial charge in [0.05, 0.1) is 15.9 Å². The number of nitrogens with one attached hydrogen (secondary N) is 1. The molecular weight excluding hydrogens is 462 g/mol. The van der Waals surface area contributed by atoms with E-state index >= 15 is 0 Å². The summed E-state index contributed by atoms with van der Waals surface area (Å²) in [4.78, 5) is 24.5. The van der Waals surface area contributed by atoms with Crippen molar-refractivity contribution in [1.29, 1.82) is 0 Å². The van der Waals surface area contributed by atoms with Crippen LogP contribution in [0.2, 0.25) is 0 Å². The second-order valence-corrected chi connectivity index (χ2v) is 9.20. The van der Waals surface area contributed by atoms with Crippen molar-refractivity contribution in [1.82, 2.24) is 9.21 Å². The molecule has 2 aromatic rings. The number of hydrogen-bond acceptors (Lipinski definition) is 7. The average Bonchev–Trinajstić information content (AvgIpc) is 2.79. The largest absolute Gasteiger partial charge is 0.435 e. The number of hydrogen-bond donors (Lipinski definition) is 1. The predicted octanol–water partition coefficient (Wildman–Crippen LogP) is 2.53. The van der Waals surface area contributed by atoms with Crippen LogP contribution in [0.15, 0.2) is 53.4 Å². The highest BCUT2D eigenvalue weighted by Gasteiger charge is 2.32. The van der Waals surface area contributed by atoms with Crippen molar-refractivity contribution in [3.05, 3.63) is 58.6 Å². The monoisotopic (exact) mass is 484 g/mol. The number of benzene rings is 2. The molecule has 0 spiro atoms. The summed E-state index contributed by atoms with van der Waals surface area (Å²) in [5, 5.41) is 13.6. The molecule has 0 aromatic heterocycles. The van der Waals surface area contributed by atoms with Crippen molar-refractivity contribution in [2.45, 2.75) is 24.5 Å². The number of anilines is 1. The van der Waals surface area contributed by atoms with Crippen molar-refractivity contribution in [3.63, 3.8) is 0 Å². The van der Waals surface area contributed by atoms with E-state index in [2.05, 4.69) is 10.1 Å². The average molecular weight is 484 g/mol. The van der Waals surface area contributed by atoms with Crippen molar-refractivity contribution in [3.8, 4) is 5.75 Å². The Labute approximate surface area is 188 Å². The molecule has 1 aliphatic heterocycles. The number of non-ortho nitro benzene ring substituents is 1. The Morgan fingerprint density at radius 2 is 1.76 bits per heavy atom. The van der Waals surface area contributed by atoms with Crippen molar-refractivity contribution >= 4 is 27.3 Å². The van der Waals surface area contributed by atoms with Crippen LogP contribution in [0.1, 0.15) is 6.92 Å². The summed E-state index contributed by atoms with van der Waals surface area (Å²) in [6.45, 7) is -0.475. The fourth-order valence-electron chi connectivity index (χ4n) is 3.37. The lowest BCUT2D eigenvalue weighted by molar-refractivity contribution is -0.385. The molecule has 2 aromatic carbocycles. The van der Waals surface area contributed by atoms with E-state index in [9.17, 15) is 32.1 Å². The number of piperazine rings is 1. The molecule has 1 fully saturated rings. The Bertz CT molecular complexity index is 1110. The summed E-state index contributed by atoms with van der Waals surface area (Å²) in [6, 6.07) is 9.78. The Kier molecular flexibility index (Phi) is 7.56. The number of nitro groups is 1. The smallest absolute Gasteiger partial charge is 0.387 e. The third-order valence-electron chi connectivity index (χ3n) is 5.21. The molecule has 1 unspecified atom stereocenters. The fourth-order valence-corrected chi connectivity index (χ4v) is 4.83. The molecule has 13 heteroatoms. The van der Waals surface area contributed by atoms with Gasteiger partial charge in [0.2, 0.25) is 15.9 Å². The van der Waals surface area contributed by atoms with Crippen LogP contribution in [0.25, 0.3) is 0 Å². The zero-order valence-corrected chi connectivity index (χ0v) is 18.4.